The van der Waals surface area contributed by atoms with E-state index in [2.05, 4.69) is 4.98 Å². The van der Waals surface area contributed by atoms with Gasteiger partial charge in [0.15, 0.2) is 5.01 Å². The van der Waals surface area contributed by atoms with Crippen LogP contribution in [0, 0.1) is 18.3 Å². The van der Waals surface area contributed by atoms with Gasteiger partial charge in [0.25, 0.3) is 10.0 Å². The number of nitriles is 1. The van der Waals surface area contributed by atoms with Crippen LogP contribution in [0.2, 0.25) is 0 Å². The number of anilines is 1. The lowest BCUT2D eigenvalue weighted by Crippen LogP contribution is -2.37. The van der Waals surface area contributed by atoms with Gasteiger partial charge in [0.2, 0.25) is 5.09 Å². The van der Waals surface area contributed by atoms with E-state index in [0.29, 0.717) is 22.2 Å². The molecule has 0 bridgehead atoms. The number of fused-ring (bicyclic) bond motifs is 1. The Balaban J connectivity index is 1.80. The predicted molar refractivity (Wildman–Crippen MR) is 95.7 cm³/mol. The molecule has 1 aliphatic heterocycles. The second kappa shape index (κ2) is 6.16. The summed E-state index contributed by atoms with van der Waals surface area (Å²) in [6.45, 7) is 2.13. The molecule has 9 heteroatoms. The molecule has 0 amide bonds. The van der Waals surface area contributed by atoms with Crippen LogP contribution in [0.1, 0.15) is 10.8 Å². The Morgan fingerprint density at radius 1 is 1.31 bits per heavy atom. The zero-order valence-corrected chi connectivity index (χ0v) is 15.3. The summed E-state index contributed by atoms with van der Waals surface area (Å²) >= 11 is 1.25. The van der Waals surface area contributed by atoms with Crippen LogP contribution < -0.4 is 9.04 Å². The molecule has 0 fully saturated rings. The standard InChI is InChI=1S/C17H13N3O4S2/c1-11-2-5-17(24-11)26(21,22)20-6-7-23-14-4-3-12(8-13(14)20)15-10-19-16(9-18)25-15/h2-5,8,10H,6-7H2,1H3. The van der Waals surface area contributed by atoms with Gasteiger partial charge in [-0.3, -0.25) is 4.31 Å². The molecule has 0 radical (unpaired) electrons. The number of ether oxygens (including phenoxy) is 1. The van der Waals surface area contributed by atoms with Gasteiger partial charge in [0.05, 0.1) is 17.1 Å². The molecule has 3 heterocycles. The Morgan fingerprint density at radius 3 is 2.85 bits per heavy atom. The van der Waals surface area contributed by atoms with E-state index in [-0.39, 0.29) is 18.2 Å². The number of benzene rings is 1. The average molecular weight is 387 g/mol. The maximum absolute atomic E-state index is 13.0. The van der Waals surface area contributed by atoms with Gasteiger partial charge < -0.3 is 9.15 Å². The number of hydrogen-bond acceptors (Lipinski definition) is 7. The van der Waals surface area contributed by atoms with Crippen molar-refractivity contribution in [3.63, 3.8) is 0 Å². The van der Waals surface area contributed by atoms with Gasteiger partial charge in [0, 0.05) is 6.20 Å². The van der Waals surface area contributed by atoms with Gasteiger partial charge in [-0.15, -0.1) is 11.3 Å². The van der Waals surface area contributed by atoms with Gasteiger partial charge >= 0.3 is 0 Å². The monoisotopic (exact) mass is 387 g/mol. The molecule has 1 aromatic carbocycles. The number of aryl methyl sites for hydroxylation is 1. The molecular formula is C17H13N3O4S2. The fraction of sp³-hybridized carbons (Fsp3) is 0.176. The summed E-state index contributed by atoms with van der Waals surface area (Å²) in [7, 11) is -3.83. The molecule has 132 valence electrons. The predicted octanol–water partition coefficient (Wildman–Crippen LogP) is 3.17. The highest BCUT2D eigenvalue weighted by Gasteiger charge is 2.32. The van der Waals surface area contributed by atoms with Crippen LogP contribution >= 0.6 is 11.3 Å². The lowest BCUT2D eigenvalue weighted by molar-refractivity contribution is 0.315. The highest BCUT2D eigenvalue weighted by Crippen LogP contribution is 2.39. The third kappa shape index (κ3) is 2.73. The number of sulfonamides is 1. The molecule has 2 aromatic heterocycles. The van der Waals surface area contributed by atoms with Crippen molar-refractivity contribution in [3.05, 3.63) is 47.3 Å². The van der Waals surface area contributed by atoms with Crippen LogP contribution in [0.5, 0.6) is 5.75 Å². The van der Waals surface area contributed by atoms with E-state index >= 15 is 0 Å². The quantitative estimate of drug-likeness (QED) is 0.685. The highest BCUT2D eigenvalue weighted by atomic mass is 32.2. The molecule has 4 rings (SSSR count). The van der Waals surface area contributed by atoms with Gasteiger partial charge in [-0.1, -0.05) is 0 Å². The van der Waals surface area contributed by atoms with E-state index in [1.54, 1.807) is 31.3 Å². The Hall–Kier alpha value is -2.83. The fourth-order valence-corrected chi connectivity index (χ4v) is 4.83. The summed E-state index contributed by atoms with van der Waals surface area (Å²) < 4.78 is 38.2. The van der Waals surface area contributed by atoms with E-state index < -0.39 is 10.0 Å². The minimum atomic E-state index is -3.83. The summed E-state index contributed by atoms with van der Waals surface area (Å²) in [5, 5.41) is 9.20. The number of rotatable bonds is 3. The number of aromatic nitrogens is 1. The van der Waals surface area contributed by atoms with Crippen molar-refractivity contribution >= 4 is 27.0 Å². The van der Waals surface area contributed by atoms with Crippen LogP contribution in [0.3, 0.4) is 0 Å². The van der Waals surface area contributed by atoms with E-state index in [1.165, 1.54) is 21.7 Å². The van der Waals surface area contributed by atoms with Crippen molar-refractivity contribution in [1.29, 1.82) is 5.26 Å². The first-order chi connectivity index (χ1) is 12.5. The number of hydrogen-bond donors (Lipinski definition) is 0. The Morgan fingerprint density at radius 2 is 2.15 bits per heavy atom. The third-order valence-electron chi connectivity index (χ3n) is 3.93. The van der Waals surface area contributed by atoms with Gasteiger partial charge in [0.1, 0.15) is 24.2 Å². The number of thiazole rings is 1. The fourth-order valence-electron chi connectivity index (χ4n) is 2.71. The van der Waals surface area contributed by atoms with E-state index in [1.807, 2.05) is 12.1 Å². The molecule has 3 aromatic rings. The highest BCUT2D eigenvalue weighted by molar-refractivity contribution is 7.92. The molecule has 0 saturated heterocycles. The Kier molecular flexibility index (Phi) is 3.94. The second-order valence-electron chi connectivity index (χ2n) is 5.61. The lowest BCUT2D eigenvalue weighted by atomic mass is 10.1. The Bertz CT molecular complexity index is 1130. The van der Waals surface area contributed by atoms with Crippen molar-refractivity contribution in [1.82, 2.24) is 4.98 Å². The normalized spacial score (nSPS) is 13.8. The van der Waals surface area contributed by atoms with Gasteiger partial charge in [-0.05, 0) is 42.8 Å². The first-order valence-electron chi connectivity index (χ1n) is 7.71. The van der Waals surface area contributed by atoms with E-state index in [0.717, 1.165) is 10.4 Å². The summed E-state index contributed by atoms with van der Waals surface area (Å²) in [6, 6.07) is 10.3. The van der Waals surface area contributed by atoms with Crippen LogP contribution in [0.4, 0.5) is 5.69 Å². The largest absolute Gasteiger partial charge is 0.489 e. The lowest BCUT2D eigenvalue weighted by Gasteiger charge is -2.30. The summed E-state index contributed by atoms with van der Waals surface area (Å²) in [5.74, 6) is 1.01. The molecule has 26 heavy (non-hydrogen) atoms. The topological polar surface area (TPSA) is 96.4 Å². The molecule has 0 aliphatic carbocycles. The molecule has 0 unspecified atom stereocenters. The molecular weight excluding hydrogens is 374 g/mol. The van der Waals surface area contributed by atoms with E-state index in [9.17, 15) is 8.42 Å². The maximum Gasteiger partial charge on any atom is 0.298 e. The second-order valence-corrected chi connectivity index (χ2v) is 8.44. The van der Waals surface area contributed by atoms with Crippen LogP contribution in [-0.2, 0) is 10.0 Å². The summed E-state index contributed by atoms with van der Waals surface area (Å²) in [4.78, 5) is 4.80. The SMILES string of the molecule is Cc1ccc(S(=O)(=O)N2CCOc3ccc(-c4cnc(C#N)s4)cc32)o1. The number of furan rings is 1. The molecule has 0 atom stereocenters. The zero-order valence-electron chi connectivity index (χ0n) is 13.7. The Labute approximate surface area is 154 Å². The van der Waals surface area contributed by atoms with Crippen molar-refractivity contribution in [2.75, 3.05) is 17.5 Å². The third-order valence-corrected chi connectivity index (χ3v) is 6.56. The van der Waals surface area contributed by atoms with Crippen molar-refractivity contribution in [2.45, 2.75) is 12.0 Å². The molecule has 7 nitrogen and oxygen atoms in total. The van der Waals surface area contributed by atoms with Crippen LogP contribution in [-0.4, -0.2) is 26.6 Å². The maximum atomic E-state index is 13.0. The minimum absolute atomic E-state index is 0.0992. The zero-order chi connectivity index (χ0) is 18.3. The first kappa shape index (κ1) is 16.6. The molecule has 0 N–H and O–H groups in total. The average Bonchev–Trinajstić information content (AvgIpc) is 3.30. The van der Waals surface area contributed by atoms with Crippen LogP contribution in [0.25, 0.3) is 10.4 Å². The van der Waals surface area contributed by atoms with Gasteiger partial charge in [-0.25, -0.2) is 4.98 Å². The van der Waals surface area contributed by atoms with Crippen LogP contribution in [0.15, 0.2) is 46.0 Å². The van der Waals surface area contributed by atoms with Crippen molar-refractivity contribution in [2.24, 2.45) is 0 Å². The molecule has 0 spiro atoms. The van der Waals surface area contributed by atoms with Gasteiger partial charge in [-0.2, -0.15) is 13.7 Å². The minimum Gasteiger partial charge on any atom is -0.489 e. The summed E-state index contributed by atoms with van der Waals surface area (Å²) in [6.07, 6.45) is 1.60. The molecule has 1 aliphatic rings. The first-order valence-corrected chi connectivity index (χ1v) is 9.97. The van der Waals surface area contributed by atoms with Crippen molar-refractivity contribution < 1.29 is 17.6 Å². The molecule has 0 saturated carbocycles. The van der Waals surface area contributed by atoms with Crippen molar-refractivity contribution in [3.8, 4) is 22.3 Å². The smallest absolute Gasteiger partial charge is 0.298 e. The summed E-state index contributed by atoms with van der Waals surface area (Å²) in [5.41, 5.74) is 1.21. The number of nitrogens with zero attached hydrogens (tertiary/aromatic N) is 3. The van der Waals surface area contributed by atoms with E-state index in [4.69, 9.17) is 14.4 Å².